The molecule has 0 spiro atoms. The Balaban J connectivity index is 3.31. The Labute approximate surface area is 93.6 Å². The summed E-state index contributed by atoms with van der Waals surface area (Å²) in [5, 5.41) is 3.47. The topological polar surface area (TPSA) is 17.8 Å². The van der Waals surface area contributed by atoms with Crippen LogP contribution in [0.2, 0.25) is 0 Å². The molecule has 14 heavy (non-hydrogen) atoms. The van der Waals surface area contributed by atoms with E-state index in [9.17, 15) is 13.2 Å². The van der Waals surface area contributed by atoms with Crippen LogP contribution in [0.3, 0.4) is 0 Å². The van der Waals surface area contributed by atoms with Crippen molar-refractivity contribution in [2.24, 2.45) is 0 Å². The summed E-state index contributed by atoms with van der Waals surface area (Å²) in [5.41, 5.74) is -1.11. The molecule has 1 aromatic rings. The van der Waals surface area contributed by atoms with Gasteiger partial charge < -0.3 is 0 Å². The van der Waals surface area contributed by atoms with Gasteiger partial charge in [-0.3, -0.25) is 4.68 Å². The summed E-state index contributed by atoms with van der Waals surface area (Å²) in [6.45, 7) is 5.32. The number of nitrogens with zero attached hydrogens (tertiary/aromatic N) is 2. The van der Waals surface area contributed by atoms with E-state index in [4.69, 9.17) is 0 Å². The Morgan fingerprint density at radius 1 is 1.36 bits per heavy atom. The maximum atomic E-state index is 13.0. The van der Waals surface area contributed by atoms with E-state index in [0.717, 1.165) is 0 Å². The Hall–Kier alpha value is -0.270. The molecule has 0 saturated carbocycles. The highest BCUT2D eigenvalue weighted by Gasteiger charge is 2.28. The molecule has 0 unspecified atom stereocenters. The van der Waals surface area contributed by atoms with E-state index in [1.807, 2.05) is 0 Å². The van der Waals surface area contributed by atoms with Gasteiger partial charge in [0.2, 0.25) is 5.95 Å². The molecule has 0 N–H and O–H groups in total. The fourth-order valence-corrected chi connectivity index (χ4v) is 2.30. The van der Waals surface area contributed by atoms with E-state index in [-0.39, 0.29) is 3.70 Å². The van der Waals surface area contributed by atoms with Crippen LogP contribution >= 0.6 is 22.6 Å². The smallest absolute Gasteiger partial charge is 0.251 e. The van der Waals surface area contributed by atoms with Gasteiger partial charge in [-0.25, -0.2) is 8.78 Å². The normalized spacial score (nSPS) is 12.6. The second-order valence-corrected chi connectivity index (χ2v) is 4.90. The van der Waals surface area contributed by atoms with Gasteiger partial charge in [0.1, 0.15) is 9.26 Å². The highest BCUT2D eigenvalue weighted by Crippen LogP contribution is 2.29. The number of hydrogen-bond acceptors (Lipinski definition) is 1. The second kappa shape index (κ2) is 3.71. The van der Waals surface area contributed by atoms with Crippen LogP contribution in [0.15, 0.2) is 0 Å². The van der Waals surface area contributed by atoms with Crippen molar-refractivity contribution in [2.45, 2.75) is 32.7 Å². The SMILES string of the molecule is CC(C)(C)n1nc(F)c(C(F)F)c1I. The molecule has 0 radical (unpaired) electrons. The molecule has 0 saturated heterocycles. The summed E-state index contributed by atoms with van der Waals surface area (Å²) in [4.78, 5) is 0. The van der Waals surface area contributed by atoms with Gasteiger partial charge in [-0.2, -0.15) is 4.39 Å². The first-order chi connectivity index (χ1) is 6.25. The van der Waals surface area contributed by atoms with Crippen molar-refractivity contribution in [3.8, 4) is 0 Å². The monoisotopic (exact) mass is 318 g/mol. The first-order valence-corrected chi connectivity index (χ1v) is 5.05. The molecule has 2 nitrogen and oxygen atoms in total. The molecule has 0 aliphatic carbocycles. The van der Waals surface area contributed by atoms with Crippen molar-refractivity contribution in [3.05, 3.63) is 15.2 Å². The van der Waals surface area contributed by atoms with Gasteiger partial charge >= 0.3 is 0 Å². The molecule has 0 fully saturated rings. The van der Waals surface area contributed by atoms with Crippen molar-refractivity contribution in [1.82, 2.24) is 9.78 Å². The minimum absolute atomic E-state index is 0.155. The minimum atomic E-state index is -2.82. The van der Waals surface area contributed by atoms with E-state index >= 15 is 0 Å². The van der Waals surface area contributed by atoms with Gasteiger partial charge in [0.25, 0.3) is 6.43 Å². The molecule has 80 valence electrons. The lowest BCUT2D eigenvalue weighted by Gasteiger charge is -2.20. The van der Waals surface area contributed by atoms with Crippen molar-refractivity contribution in [3.63, 3.8) is 0 Å². The number of rotatable bonds is 1. The fourth-order valence-electron chi connectivity index (χ4n) is 1.01. The van der Waals surface area contributed by atoms with E-state index in [2.05, 4.69) is 5.10 Å². The number of aromatic nitrogens is 2. The third-order valence-corrected chi connectivity index (χ3v) is 2.71. The van der Waals surface area contributed by atoms with Crippen LogP contribution in [0.4, 0.5) is 13.2 Å². The van der Waals surface area contributed by atoms with Crippen molar-refractivity contribution >= 4 is 22.6 Å². The predicted molar refractivity (Wildman–Crippen MR) is 54.9 cm³/mol. The molecule has 6 heteroatoms. The van der Waals surface area contributed by atoms with Crippen molar-refractivity contribution in [2.75, 3.05) is 0 Å². The van der Waals surface area contributed by atoms with Crippen LogP contribution in [0, 0.1) is 9.65 Å². The molecule has 0 aliphatic heterocycles. The molecule has 0 aliphatic rings. The van der Waals surface area contributed by atoms with Gasteiger partial charge in [-0.15, -0.1) is 5.10 Å². The van der Waals surface area contributed by atoms with Gasteiger partial charge in [-0.05, 0) is 43.4 Å². The molecule has 0 aromatic carbocycles. The lowest BCUT2D eigenvalue weighted by atomic mass is 10.1. The third kappa shape index (κ3) is 2.04. The summed E-state index contributed by atoms with van der Waals surface area (Å²) in [6, 6.07) is 0. The fraction of sp³-hybridized carbons (Fsp3) is 0.625. The lowest BCUT2D eigenvalue weighted by Crippen LogP contribution is -2.24. The number of alkyl halides is 2. The quantitative estimate of drug-likeness (QED) is 0.727. The Morgan fingerprint density at radius 3 is 2.07 bits per heavy atom. The Morgan fingerprint density at radius 2 is 1.86 bits per heavy atom. The molecule has 0 atom stereocenters. The van der Waals surface area contributed by atoms with Crippen molar-refractivity contribution < 1.29 is 13.2 Å². The first kappa shape index (κ1) is 11.8. The molecular weight excluding hydrogens is 308 g/mol. The van der Waals surface area contributed by atoms with Crippen LogP contribution in [0.25, 0.3) is 0 Å². The predicted octanol–water partition coefficient (Wildman–Crippen LogP) is 3.32. The van der Waals surface area contributed by atoms with Gasteiger partial charge in [0.05, 0.1) is 5.54 Å². The molecule has 1 heterocycles. The summed E-state index contributed by atoms with van der Waals surface area (Å²) < 4.78 is 39.2. The summed E-state index contributed by atoms with van der Waals surface area (Å²) >= 11 is 1.68. The maximum Gasteiger partial charge on any atom is 0.270 e. The highest BCUT2D eigenvalue weighted by molar-refractivity contribution is 14.1. The molecule has 0 amide bonds. The van der Waals surface area contributed by atoms with Gasteiger partial charge in [-0.1, -0.05) is 0 Å². The van der Waals surface area contributed by atoms with E-state index in [1.165, 1.54) is 4.68 Å². The van der Waals surface area contributed by atoms with Gasteiger partial charge in [0.15, 0.2) is 0 Å². The van der Waals surface area contributed by atoms with Gasteiger partial charge in [0, 0.05) is 0 Å². The summed E-state index contributed by atoms with van der Waals surface area (Å²) in [5.74, 6) is -1.08. The molecule has 1 rings (SSSR count). The Bertz CT molecular complexity index is 341. The second-order valence-electron chi connectivity index (χ2n) is 3.88. The van der Waals surface area contributed by atoms with E-state index in [1.54, 1.807) is 43.4 Å². The Kier molecular flexibility index (Phi) is 3.13. The van der Waals surface area contributed by atoms with Crippen LogP contribution in [-0.4, -0.2) is 9.78 Å². The van der Waals surface area contributed by atoms with Crippen molar-refractivity contribution in [1.29, 1.82) is 0 Å². The van der Waals surface area contributed by atoms with Crippen LogP contribution < -0.4 is 0 Å². The first-order valence-electron chi connectivity index (χ1n) is 3.97. The lowest BCUT2D eigenvalue weighted by molar-refractivity contribution is 0.145. The zero-order valence-electron chi connectivity index (χ0n) is 7.98. The molecular formula is C8H10F3IN2. The standard InChI is InChI=1S/C8H10F3IN2/c1-8(2,3)14-7(12)4(5(9)10)6(11)13-14/h5H,1-3H3. The van der Waals surface area contributed by atoms with Crippen LogP contribution in [0.1, 0.15) is 32.8 Å². The highest BCUT2D eigenvalue weighted by atomic mass is 127. The third-order valence-electron chi connectivity index (χ3n) is 1.67. The maximum absolute atomic E-state index is 13.0. The average molecular weight is 318 g/mol. The summed E-state index contributed by atoms with van der Waals surface area (Å²) in [6.07, 6.45) is -2.82. The van der Waals surface area contributed by atoms with E-state index < -0.39 is 23.5 Å². The molecule has 0 bridgehead atoms. The van der Waals surface area contributed by atoms with E-state index in [0.29, 0.717) is 0 Å². The average Bonchev–Trinajstić information content (AvgIpc) is 2.24. The largest absolute Gasteiger partial charge is 0.270 e. The van der Waals surface area contributed by atoms with Crippen LogP contribution in [0.5, 0.6) is 0 Å². The zero-order chi connectivity index (χ0) is 11.1. The number of hydrogen-bond donors (Lipinski definition) is 0. The van der Waals surface area contributed by atoms with Crippen LogP contribution in [-0.2, 0) is 5.54 Å². The molecule has 1 aromatic heterocycles. The number of halogens is 4. The zero-order valence-corrected chi connectivity index (χ0v) is 10.1. The summed E-state index contributed by atoms with van der Waals surface area (Å²) in [7, 11) is 0. The minimum Gasteiger partial charge on any atom is -0.251 e.